The summed E-state index contributed by atoms with van der Waals surface area (Å²) >= 11 is 0. The van der Waals surface area contributed by atoms with Gasteiger partial charge in [-0.05, 0) is 62.1 Å². The Kier molecular flexibility index (Phi) is 4.25. The third-order valence-electron chi connectivity index (χ3n) is 4.09. The fourth-order valence-electron chi connectivity index (χ4n) is 2.89. The molecular weight excluding hydrogens is 275 g/mol. The zero-order chi connectivity index (χ0) is 15.5. The van der Waals surface area contributed by atoms with Gasteiger partial charge in [0.2, 0.25) is 0 Å². The molecule has 1 heterocycles. The fourth-order valence-corrected chi connectivity index (χ4v) is 2.89. The van der Waals surface area contributed by atoms with Gasteiger partial charge in [0.1, 0.15) is 5.82 Å². The van der Waals surface area contributed by atoms with Gasteiger partial charge in [-0.3, -0.25) is 0 Å². The molecule has 0 spiro atoms. The summed E-state index contributed by atoms with van der Waals surface area (Å²) in [5.74, 6) is -0.193. The summed E-state index contributed by atoms with van der Waals surface area (Å²) in [6.07, 6.45) is 2.90. The van der Waals surface area contributed by atoms with Crippen molar-refractivity contribution in [3.8, 4) is 11.3 Å². The van der Waals surface area contributed by atoms with Crippen molar-refractivity contribution >= 4 is 10.9 Å². The van der Waals surface area contributed by atoms with Crippen LogP contribution in [0.3, 0.4) is 0 Å². The number of fused-ring (bicyclic) bond motifs is 1. The lowest BCUT2D eigenvalue weighted by atomic mass is 9.99. The Morgan fingerprint density at radius 1 is 1.05 bits per heavy atom. The molecule has 22 heavy (non-hydrogen) atoms. The highest BCUT2D eigenvalue weighted by molar-refractivity contribution is 5.90. The predicted molar refractivity (Wildman–Crippen MR) is 90.4 cm³/mol. The monoisotopic (exact) mass is 296 g/mol. The first-order chi connectivity index (χ1) is 10.7. The van der Waals surface area contributed by atoms with Gasteiger partial charge < -0.3 is 10.7 Å². The Bertz CT molecular complexity index is 772. The number of aryl methyl sites for hydroxylation is 2. The van der Waals surface area contributed by atoms with Crippen LogP contribution >= 0.6 is 0 Å². The van der Waals surface area contributed by atoms with Crippen molar-refractivity contribution in [1.29, 1.82) is 0 Å². The van der Waals surface area contributed by atoms with Gasteiger partial charge in [0.05, 0.1) is 0 Å². The molecule has 0 aliphatic rings. The van der Waals surface area contributed by atoms with Crippen LogP contribution in [0.4, 0.5) is 4.39 Å². The number of unbranched alkanes of at least 4 members (excludes halogenated alkanes) is 1. The summed E-state index contributed by atoms with van der Waals surface area (Å²) in [7, 11) is 0. The average molecular weight is 296 g/mol. The van der Waals surface area contributed by atoms with Crippen LogP contribution in [0.25, 0.3) is 22.2 Å². The Morgan fingerprint density at radius 3 is 2.55 bits per heavy atom. The molecule has 0 saturated carbocycles. The number of rotatable bonds is 5. The van der Waals surface area contributed by atoms with Gasteiger partial charge in [-0.15, -0.1) is 0 Å². The number of aromatic nitrogens is 1. The lowest BCUT2D eigenvalue weighted by Crippen LogP contribution is -1.99. The van der Waals surface area contributed by atoms with Crippen molar-refractivity contribution in [3.63, 3.8) is 0 Å². The van der Waals surface area contributed by atoms with Crippen LogP contribution in [0.2, 0.25) is 0 Å². The summed E-state index contributed by atoms with van der Waals surface area (Å²) in [6, 6.07) is 13.4. The highest BCUT2D eigenvalue weighted by Crippen LogP contribution is 2.32. The van der Waals surface area contributed by atoms with E-state index in [-0.39, 0.29) is 5.82 Å². The van der Waals surface area contributed by atoms with E-state index in [1.54, 1.807) is 6.07 Å². The molecule has 0 saturated heterocycles. The SMILES string of the molecule is Cc1ccc(-c2[nH]c3ccc(F)cc3c2CCCCN)cc1. The second kappa shape index (κ2) is 6.32. The fraction of sp³-hybridized carbons (Fsp3) is 0.263. The Balaban J connectivity index is 2.10. The van der Waals surface area contributed by atoms with Crippen molar-refractivity contribution in [2.24, 2.45) is 5.73 Å². The maximum absolute atomic E-state index is 13.6. The van der Waals surface area contributed by atoms with E-state index >= 15 is 0 Å². The molecule has 114 valence electrons. The van der Waals surface area contributed by atoms with Gasteiger partial charge in [-0.1, -0.05) is 29.8 Å². The molecule has 0 aliphatic carbocycles. The van der Waals surface area contributed by atoms with Crippen LogP contribution in [0.1, 0.15) is 24.0 Å². The minimum absolute atomic E-state index is 0.193. The van der Waals surface area contributed by atoms with Crippen molar-refractivity contribution < 1.29 is 4.39 Å². The molecule has 0 atom stereocenters. The van der Waals surface area contributed by atoms with Gasteiger partial charge in [0.25, 0.3) is 0 Å². The standard InChI is InChI=1S/C19H21FN2/c1-13-5-7-14(8-6-13)19-16(4-2-3-11-21)17-12-15(20)9-10-18(17)22-19/h5-10,12,22H,2-4,11,21H2,1H3. The first-order valence-electron chi connectivity index (χ1n) is 7.76. The first kappa shape index (κ1) is 14.8. The van der Waals surface area contributed by atoms with Crippen LogP contribution in [-0.2, 0) is 6.42 Å². The molecule has 0 bridgehead atoms. The van der Waals surface area contributed by atoms with Crippen LogP contribution in [0, 0.1) is 12.7 Å². The van der Waals surface area contributed by atoms with Gasteiger partial charge in [0, 0.05) is 16.6 Å². The van der Waals surface area contributed by atoms with E-state index < -0.39 is 0 Å². The van der Waals surface area contributed by atoms with E-state index in [0.29, 0.717) is 6.54 Å². The van der Waals surface area contributed by atoms with E-state index in [0.717, 1.165) is 41.4 Å². The van der Waals surface area contributed by atoms with Crippen LogP contribution < -0.4 is 5.73 Å². The largest absolute Gasteiger partial charge is 0.354 e. The molecule has 0 unspecified atom stereocenters. The van der Waals surface area contributed by atoms with Crippen molar-refractivity contribution in [3.05, 3.63) is 59.4 Å². The normalized spacial score (nSPS) is 11.2. The molecule has 3 rings (SSSR count). The number of nitrogens with one attached hydrogen (secondary N) is 1. The molecule has 3 aromatic rings. The number of hydrogen-bond acceptors (Lipinski definition) is 1. The van der Waals surface area contributed by atoms with Crippen molar-refractivity contribution in [1.82, 2.24) is 4.98 Å². The number of benzene rings is 2. The maximum atomic E-state index is 13.6. The van der Waals surface area contributed by atoms with Gasteiger partial charge in [-0.2, -0.15) is 0 Å². The zero-order valence-corrected chi connectivity index (χ0v) is 12.8. The summed E-state index contributed by atoms with van der Waals surface area (Å²) in [5, 5.41) is 0.979. The molecule has 0 fully saturated rings. The number of H-pyrrole nitrogens is 1. The lowest BCUT2D eigenvalue weighted by molar-refractivity contribution is 0.629. The molecule has 2 nitrogen and oxygen atoms in total. The number of halogens is 1. The molecule has 3 heteroatoms. The van der Waals surface area contributed by atoms with E-state index in [9.17, 15) is 4.39 Å². The lowest BCUT2D eigenvalue weighted by Gasteiger charge is -2.06. The third-order valence-corrected chi connectivity index (χ3v) is 4.09. The highest BCUT2D eigenvalue weighted by Gasteiger charge is 2.13. The predicted octanol–water partition coefficient (Wildman–Crippen LogP) is 4.56. The van der Waals surface area contributed by atoms with Crippen molar-refractivity contribution in [2.45, 2.75) is 26.2 Å². The average Bonchev–Trinajstić information content (AvgIpc) is 2.86. The van der Waals surface area contributed by atoms with Gasteiger partial charge in [0.15, 0.2) is 0 Å². The summed E-state index contributed by atoms with van der Waals surface area (Å²) in [6.45, 7) is 2.77. The molecule has 0 amide bonds. The van der Waals surface area contributed by atoms with Crippen LogP contribution in [0.5, 0.6) is 0 Å². The number of hydrogen-bond donors (Lipinski definition) is 2. The second-order valence-corrected chi connectivity index (χ2v) is 5.78. The van der Waals surface area contributed by atoms with Crippen LogP contribution in [-0.4, -0.2) is 11.5 Å². The summed E-state index contributed by atoms with van der Waals surface area (Å²) < 4.78 is 13.6. The van der Waals surface area contributed by atoms with Crippen molar-refractivity contribution in [2.75, 3.05) is 6.54 Å². The Morgan fingerprint density at radius 2 is 1.82 bits per heavy atom. The molecule has 1 aromatic heterocycles. The molecule has 2 aromatic carbocycles. The van der Waals surface area contributed by atoms with Crippen LogP contribution in [0.15, 0.2) is 42.5 Å². The van der Waals surface area contributed by atoms with E-state index in [4.69, 9.17) is 5.73 Å². The van der Waals surface area contributed by atoms with Gasteiger partial charge >= 0.3 is 0 Å². The Hall–Kier alpha value is -2.13. The molecule has 0 aliphatic heterocycles. The first-order valence-corrected chi connectivity index (χ1v) is 7.76. The van der Waals surface area contributed by atoms with E-state index in [2.05, 4.69) is 36.2 Å². The van der Waals surface area contributed by atoms with Gasteiger partial charge in [-0.25, -0.2) is 4.39 Å². The summed E-state index contributed by atoms with van der Waals surface area (Å²) in [4.78, 5) is 3.46. The highest BCUT2D eigenvalue weighted by atomic mass is 19.1. The second-order valence-electron chi connectivity index (χ2n) is 5.78. The molecule has 3 N–H and O–H groups in total. The third kappa shape index (κ3) is 2.90. The number of aromatic amines is 1. The Labute approximate surface area is 130 Å². The zero-order valence-electron chi connectivity index (χ0n) is 12.8. The molecular formula is C19H21FN2. The minimum atomic E-state index is -0.193. The number of nitrogens with two attached hydrogens (primary N) is 1. The maximum Gasteiger partial charge on any atom is 0.123 e. The summed E-state index contributed by atoms with van der Waals surface area (Å²) in [5.41, 5.74) is 11.2. The smallest absolute Gasteiger partial charge is 0.123 e. The topological polar surface area (TPSA) is 41.8 Å². The quantitative estimate of drug-likeness (QED) is 0.666. The minimum Gasteiger partial charge on any atom is -0.354 e. The molecule has 0 radical (unpaired) electrons. The van der Waals surface area contributed by atoms with E-state index in [1.807, 2.05) is 6.07 Å². The van der Waals surface area contributed by atoms with E-state index in [1.165, 1.54) is 17.2 Å².